The molecule has 3 heteroatoms. The summed E-state index contributed by atoms with van der Waals surface area (Å²) in [6.45, 7) is 13.3. The maximum atomic E-state index is 6.11. The summed E-state index contributed by atoms with van der Waals surface area (Å²) in [4.78, 5) is 0. The van der Waals surface area contributed by atoms with E-state index in [9.17, 15) is 0 Å². The molecule has 0 unspecified atom stereocenters. The van der Waals surface area contributed by atoms with Crippen molar-refractivity contribution in [3.63, 3.8) is 0 Å². The lowest BCUT2D eigenvalue weighted by atomic mass is 9.71. The molecule has 0 radical (unpaired) electrons. The van der Waals surface area contributed by atoms with Crippen molar-refractivity contribution in [2.75, 3.05) is 6.61 Å². The second-order valence-electron chi connectivity index (χ2n) is 6.05. The van der Waals surface area contributed by atoms with Gasteiger partial charge in [0.1, 0.15) is 0 Å². The first kappa shape index (κ1) is 16.5. The first-order valence-corrected chi connectivity index (χ1v) is 7.59. The normalized spacial score (nSPS) is 17.3. The van der Waals surface area contributed by atoms with Crippen LogP contribution in [0, 0.1) is 0 Å². The summed E-state index contributed by atoms with van der Waals surface area (Å²) in [6, 6.07) is 0. The van der Waals surface area contributed by atoms with Crippen molar-refractivity contribution in [1.29, 1.82) is 0 Å². The second kappa shape index (κ2) is 7.30. The van der Waals surface area contributed by atoms with Crippen LogP contribution in [-0.4, -0.2) is 19.3 Å². The zero-order valence-electron chi connectivity index (χ0n) is 13.5. The van der Waals surface area contributed by atoms with E-state index in [-0.39, 0.29) is 12.7 Å². The Labute approximate surface area is 119 Å². The predicted octanol–water partition coefficient (Wildman–Crippen LogP) is 4.70. The van der Waals surface area contributed by atoms with Gasteiger partial charge in [-0.1, -0.05) is 18.6 Å². The van der Waals surface area contributed by atoms with Crippen molar-refractivity contribution in [2.24, 2.45) is 0 Å². The Bertz CT molecular complexity index is 350. The first-order valence-electron chi connectivity index (χ1n) is 7.59. The van der Waals surface area contributed by atoms with Crippen LogP contribution in [0.5, 0.6) is 0 Å². The Morgan fingerprint density at radius 1 is 1.26 bits per heavy atom. The van der Waals surface area contributed by atoms with Gasteiger partial charge in [0.15, 0.2) is 0 Å². The van der Waals surface area contributed by atoms with Gasteiger partial charge in [-0.15, -0.1) is 0 Å². The van der Waals surface area contributed by atoms with E-state index in [0.717, 1.165) is 6.42 Å². The minimum absolute atomic E-state index is 0.195. The smallest absolute Gasteiger partial charge is 0.408 e. The quantitative estimate of drug-likeness (QED) is 0.647. The van der Waals surface area contributed by atoms with E-state index in [4.69, 9.17) is 9.31 Å². The van der Waals surface area contributed by atoms with Gasteiger partial charge in [-0.3, -0.25) is 0 Å². The summed E-state index contributed by atoms with van der Waals surface area (Å²) in [5.74, 6) is 0. The van der Waals surface area contributed by atoms with Crippen molar-refractivity contribution in [2.45, 2.75) is 72.8 Å². The summed E-state index contributed by atoms with van der Waals surface area (Å²) in [6.07, 6.45) is 6.98. The van der Waals surface area contributed by atoms with Crippen molar-refractivity contribution in [3.05, 3.63) is 22.7 Å². The molecule has 19 heavy (non-hydrogen) atoms. The molecular weight excluding hydrogens is 235 g/mol. The van der Waals surface area contributed by atoms with Crippen molar-refractivity contribution < 1.29 is 9.31 Å². The molecule has 0 amide bonds. The minimum Gasteiger partial charge on any atom is -0.408 e. The van der Waals surface area contributed by atoms with Gasteiger partial charge < -0.3 is 9.31 Å². The van der Waals surface area contributed by atoms with E-state index in [1.165, 1.54) is 30.3 Å². The van der Waals surface area contributed by atoms with Crippen molar-refractivity contribution in [3.8, 4) is 0 Å². The number of hydrogen-bond donors (Lipinski definition) is 0. The zero-order valence-corrected chi connectivity index (χ0v) is 13.5. The van der Waals surface area contributed by atoms with Gasteiger partial charge >= 0.3 is 7.12 Å². The third-order valence-corrected chi connectivity index (χ3v) is 3.45. The van der Waals surface area contributed by atoms with E-state index < -0.39 is 0 Å². The summed E-state index contributed by atoms with van der Waals surface area (Å²) < 4.78 is 12.0. The highest BCUT2D eigenvalue weighted by molar-refractivity contribution is 6.55. The van der Waals surface area contributed by atoms with Gasteiger partial charge in [0.05, 0.1) is 0 Å². The molecule has 1 aliphatic rings. The Balaban J connectivity index is 2.98. The van der Waals surface area contributed by atoms with Gasteiger partial charge in [0.25, 0.3) is 0 Å². The van der Waals surface area contributed by atoms with Gasteiger partial charge in [-0.05, 0) is 71.3 Å². The molecule has 1 rings (SSSR count). The van der Waals surface area contributed by atoms with E-state index in [2.05, 4.69) is 40.7 Å². The van der Waals surface area contributed by atoms with Gasteiger partial charge in [0, 0.05) is 12.2 Å². The molecule has 0 spiro atoms. The average molecular weight is 264 g/mol. The van der Waals surface area contributed by atoms with Gasteiger partial charge in [-0.2, -0.15) is 0 Å². The number of hydrogen-bond acceptors (Lipinski definition) is 2. The molecule has 0 heterocycles. The molecule has 0 bridgehead atoms. The van der Waals surface area contributed by atoms with Crippen LogP contribution in [0.25, 0.3) is 0 Å². The Hall–Kier alpha value is -0.535. The third kappa shape index (κ3) is 4.81. The topological polar surface area (TPSA) is 18.5 Å². The maximum absolute atomic E-state index is 6.11. The lowest BCUT2D eigenvalue weighted by Gasteiger charge is -2.27. The van der Waals surface area contributed by atoms with Crippen LogP contribution in [0.1, 0.15) is 67.2 Å². The zero-order chi connectivity index (χ0) is 14.5. The molecule has 0 aromatic rings. The molecule has 0 aliphatic heterocycles. The molecule has 1 aliphatic carbocycles. The summed E-state index contributed by atoms with van der Waals surface area (Å²) in [5, 5.41) is 0. The van der Waals surface area contributed by atoms with Crippen LogP contribution in [0.4, 0.5) is 0 Å². The van der Waals surface area contributed by atoms with Gasteiger partial charge in [0.2, 0.25) is 0 Å². The van der Waals surface area contributed by atoms with Crippen LogP contribution in [-0.2, 0) is 9.31 Å². The summed E-state index contributed by atoms with van der Waals surface area (Å²) in [7, 11) is -0.232. The van der Waals surface area contributed by atoms with Crippen LogP contribution < -0.4 is 0 Å². The predicted molar refractivity (Wildman–Crippen MR) is 83.1 cm³/mol. The molecule has 108 valence electrons. The summed E-state index contributed by atoms with van der Waals surface area (Å²) >= 11 is 0. The highest BCUT2D eigenvalue weighted by Crippen LogP contribution is 2.35. The highest BCUT2D eigenvalue weighted by atomic mass is 16.6. The van der Waals surface area contributed by atoms with E-state index >= 15 is 0 Å². The maximum Gasteiger partial charge on any atom is 0.494 e. The van der Waals surface area contributed by atoms with Crippen LogP contribution in [0.15, 0.2) is 22.7 Å². The molecule has 0 N–H and O–H groups in total. The average Bonchev–Trinajstić information content (AvgIpc) is 2.76. The molecule has 0 saturated heterocycles. The number of rotatable bonds is 6. The van der Waals surface area contributed by atoms with Crippen molar-refractivity contribution in [1.82, 2.24) is 0 Å². The lowest BCUT2D eigenvalue weighted by molar-refractivity contribution is 0.0888. The van der Waals surface area contributed by atoms with Gasteiger partial charge in [-0.25, -0.2) is 0 Å². The molecule has 0 aromatic carbocycles. The first-order chi connectivity index (χ1) is 8.92. The Morgan fingerprint density at radius 3 is 2.42 bits per heavy atom. The lowest BCUT2D eigenvalue weighted by Crippen LogP contribution is -2.35. The summed E-state index contributed by atoms with van der Waals surface area (Å²) in [5.41, 5.74) is 4.11. The monoisotopic (exact) mass is 264 g/mol. The van der Waals surface area contributed by atoms with E-state index in [0.29, 0.717) is 6.61 Å². The van der Waals surface area contributed by atoms with Crippen LogP contribution in [0.2, 0.25) is 0 Å². The van der Waals surface area contributed by atoms with E-state index in [1.807, 2.05) is 6.92 Å². The molecule has 2 nitrogen and oxygen atoms in total. The van der Waals surface area contributed by atoms with E-state index in [1.54, 1.807) is 5.57 Å². The fourth-order valence-electron chi connectivity index (χ4n) is 2.66. The Kier molecular flexibility index (Phi) is 6.35. The molecule has 0 fully saturated rings. The standard InChI is InChI=1S/C16H29BO2/c1-7-13-11-10-12-14(13)15(8-2)17(18-9-3)19-16(4,5)6/h8H,7,9-12H2,1-6H3. The highest BCUT2D eigenvalue weighted by Gasteiger charge is 2.32. The Morgan fingerprint density at radius 2 is 1.95 bits per heavy atom. The fourth-order valence-corrected chi connectivity index (χ4v) is 2.66. The third-order valence-electron chi connectivity index (χ3n) is 3.45. The fraction of sp³-hybridized carbons (Fsp3) is 0.750. The van der Waals surface area contributed by atoms with Crippen LogP contribution in [0.3, 0.4) is 0 Å². The molecule has 0 atom stereocenters. The molecular formula is C16H29BO2. The molecule has 0 aromatic heterocycles. The van der Waals surface area contributed by atoms with Crippen LogP contribution >= 0.6 is 0 Å². The second-order valence-corrected chi connectivity index (χ2v) is 6.05. The largest absolute Gasteiger partial charge is 0.494 e. The SMILES string of the molecule is CC=C(B(OCC)OC(C)(C)C)C1=C(CC)CCC1. The van der Waals surface area contributed by atoms with Crippen molar-refractivity contribution >= 4 is 7.12 Å². The molecule has 0 saturated carbocycles. The number of allylic oxidation sites excluding steroid dienone is 4. The minimum atomic E-state index is -0.232.